The highest BCUT2D eigenvalue weighted by Crippen LogP contribution is 2.34. The summed E-state index contributed by atoms with van der Waals surface area (Å²) in [7, 11) is 0. The van der Waals surface area contributed by atoms with Gasteiger partial charge in [0.25, 0.3) is 0 Å². The molecule has 3 rings (SSSR count). The minimum absolute atomic E-state index is 0.211. The predicted molar refractivity (Wildman–Crippen MR) is 97.5 cm³/mol. The van der Waals surface area contributed by atoms with Crippen molar-refractivity contribution in [3.8, 4) is 0 Å². The highest BCUT2D eigenvalue weighted by atomic mass is 32.1. The Labute approximate surface area is 163 Å². The van der Waals surface area contributed by atoms with Gasteiger partial charge in [0.15, 0.2) is 0 Å². The average molecular weight is 407 g/mol. The topological polar surface area (TPSA) is 59.4 Å². The normalized spacial score (nSPS) is 13.7. The number of aliphatic hydroxyl groups is 1. The van der Waals surface area contributed by atoms with E-state index in [0.29, 0.717) is 11.1 Å². The number of esters is 1. The van der Waals surface area contributed by atoms with E-state index in [1.807, 2.05) is 0 Å². The molecule has 2 aromatic heterocycles. The molecule has 4 nitrogen and oxygen atoms in total. The number of benzene rings is 1. The number of ether oxygens (including phenoxy) is 1. The zero-order valence-electron chi connectivity index (χ0n) is 14.5. The molecule has 1 aromatic carbocycles. The first-order valence-electron chi connectivity index (χ1n) is 8.29. The third-order valence-corrected chi connectivity index (χ3v) is 4.83. The first kappa shape index (κ1) is 20.0. The van der Waals surface area contributed by atoms with Gasteiger partial charge in [-0.2, -0.15) is 24.5 Å². The van der Waals surface area contributed by atoms with Crippen molar-refractivity contribution in [3.63, 3.8) is 0 Å². The second-order valence-corrected chi connectivity index (χ2v) is 6.85. The summed E-state index contributed by atoms with van der Waals surface area (Å²) < 4.78 is 43.7. The number of thiophene rings is 1. The lowest BCUT2D eigenvalue weighted by Crippen LogP contribution is -2.22. The molecule has 0 aliphatic carbocycles. The fourth-order valence-corrected chi connectivity index (χ4v) is 3.42. The summed E-state index contributed by atoms with van der Waals surface area (Å²) in [5.41, 5.74) is 0.402. The number of hydrogen-bond donors (Lipinski definition) is 1. The summed E-state index contributed by atoms with van der Waals surface area (Å²) >= 11 is 1.36. The minimum atomic E-state index is -4.48. The molecule has 28 heavy (non-hydrogen) atoms. The maximum Gasteiger partial charge on any atom is 0.416 e. The molecular formula is C20H16F3NO3S. The van der Waals surface area contributed by atoms with E-state index in [9.17, 15) is 23.1 Å². The van der Waals surface area contributed by atoms with Crippen LogP contribution < -0.4 is 0 Å². The van der Waals surface area contributed by atoms with E-state index in [-0.39, 0.29) is 12.2 Å². The van der Waals surface area contributed by atoms with E-state index in [0.717, 1.165) is 12.1 Å². The number of rotatable bonds is 6. The number of pyridine rings is 1. The lowest BCUT2D eigenvalue weighted by molar-refractivity contribution is -0.149. The standard InChI is InChI=1S/C20H16F3NO3S/c21-20(22,23)16-5-1-3-13(9-16)11-27-19(26)17(15-6-8-28-12-15)18(25)14-4-2-7-24-10-14/h1-10,12,17-18,25H,11H2. The number of aromatic nitrogens is 1. The SMILES string of the molecule is O=C(OCc1cccc(C(F)(F)F)c1)C(c1ccsc1)C(O)c1cccnc1. The van der Waals surface area contributed by atoms with Crippen LogP contribution in [0.1, 0.15) is 34.3 Å². The number of aliphatic hydroxyl groups excluding tert-OH is 1. The molecule has 0 saturated carbocycles. The molecule has 0 fully saturated rings. The largest absolute Gasteiger partial charge is 0.460 e. The van der Waals surface area contributed by atoms with Crippen LogP contribution in [-0.2, 0) is 22.3 Å². The molecular weight excluding hydrogens is 391 g/mol. The number of hydrogen-bond acceptors (Lipinski definition) is 5. The second-order valence-electron chi connectivity index (χ2n) is 6.07. The number of alkyl halides is 3. The molecule has 0 amide bonds. The molecule has 2 unspecified atom stereocenters. The Bertz CT molecular complexity index is 914. The van der Waals surface area contributed by atoms with Crippen molar-refractivity contribution in [2.75, 3.05) is 0 Å². The van der Waals surface area contributed by atoms with Crippen molar-refractivity contribution in [3.05, 3.63) is 87.9 Å². The summed E-state index contributed by atoms with van der Waals surface area (Å²) in [5, 5.41) is 14.2. The van der Waals surface area contributed by atoms with Gasteiger partial charge >= 0.3 is 12.1 Å². The number of carbonyl (C=O) groups is 1. The first-order valence-corrected chi connectivity index (χ1v) is 9.23. The van der Waals surface area contributed by atoms with E-state index in [4.69, 9.17) is 4.74 Å². The highest BCUT2D eigenvalue weighted by molar-refractivity contribution is 7.08. The van der Waals surface area contributed by atoms with Crippen LogP contribution in [0.4, 0.5) is 13.2 Å². The van der Waals surface area contributed by atoms with Crippen molar-refractivity contribution in [2.24, 2.45) is 0 Å². The summed E-state index contributed by atoms with van der Waals surface area (Å²) in [6.45, 7) is -0.330. The molecule has 8 heteroatoms. The zero-order valence-corrected chi connectivity index (χ0v) is 15.3. The lowest BCUT2D eigenvalue weighted by atomic mass is 9.91. The van der Waals surface area contributed by atoms with Gasteiger partial charge in [-0.15, -0.1) is 0 Å². The van der Waals surface area contributed by atoms with Crippen molar-refractivity contribution in [1.82, 2.24) is 4.98 Å². The van der Waals surface area contributed by atoms with Gasteiger partial charge in [-0.25, -0.2) is 0 Å². The van der Waals surface area contributed by atoms with Crippen LogP contribution >= 0.6 is 11.3 Å². The molecule has 2 atom stereocenters. The molecule has 0 radical (unpaired) electrons. The minimum Gasteiger partial charge on any atom is -0.460 e. The first-order chi connectivity index (χ1) is 13.4. The van der Waals surface area contributed by atoms with E-state index in [1.54, 1.807) is 35.2 Å². The van der Waals surface area contributed by atoms with Crippen molar-refractivity contribution in [2.45, 2.75) is 24.8 Å². The monoisotopic (exact) mass is 407 g/mol. The summed E-state index contributed by atoms with van der Waals surface area (Å²) in [6.07, 6.45) is -2.68. The van der Waals surface area contributed by atoms with Crippen LogP contribution in [0.2, 0.25) is 0 Å². The summed E-state index contributed by atoms with van der Waals surface area (Å²) in [6, 6.07) is 9.55. The van der Waals surface area contributed by atoms with Crippen LogP contribution in [0.5, 0.6) is 0 Å². The molecule has 0 aliphatic heterocycles. The molecule has 0 saturated heterocycles. The zero-order chi connectivity index (χ0) is 20.1. The van der Waals surface area contributed by atoms with Gasteiger partial charge < -0.3 is 9.84 Å². The van der Waals surface area contributed by atoms with E-state index >= 15 is 0 Å². The Morgan fingerprint density at radius 2 is 2.00 bits per heavy atom. The Kier molecular flexibility index (Phi) is 6.11. The van der Waals surface area contributed by atoms with Gasteiger partial charge in [0.2, 0.25) is 0 Å². The predicted octanol–water partition coefficient (Wildman–Crippen LogP) is 4.72. The highest BCUT2D eigenvalue weighted by Gasteiger charge is 2.33. The second kappa shape index (κ2) is 8.53. The average Bonchev–Trinajstić information content (AvgIpc) is 3.21. The quantitative estimate of drug-likeness (QED) is 0.601. The van der Waals surface area contributed by atoms with Crippen molar-refractivity contribution in [1.29, 1.82) is 0 Å². The van der Waals surface area contributed by atoms with Gasteiger partial charge in [0.05, 0.1) is 11.7 Å². The molecule has 146 valence electrons. The smallest absolute Gasteiger partial charge is 0.416 e. The molecule has 1 N–H and O–H groups in total. The van der Waals surface area contributed by atoms with Crippen molar-refractivity contribution < 1.29 is 27.8 Å². The van der Waals surface area contributed by atoms with E-state index in [2.05, 4.69) is 4.98 Å². The van der Waals surface area contributed by atoms with Gasteiger partial charge in [-0.3, -0.25) is 9.78 Å². The molecule has 0 aliphatic rings. The number of halogens is 3. The maximum absolute atomic E-state index is 12.8. The summed E-state index contributed by atoms with van der Waals surface area (Å²) in [4.78, 5) is 16.6. The third kappa shape index (κ3) is 4.76. The van der Waals surface area contributed by atoms with Crippen LogP contribution in [0.15, 0.2) is 65.6 Å². The van der Waals surface area contributed by atoms with Crippen LogP contribution in [0.3, 0.4) is 0 Å². The van der Waals surface area contributed by atoms with Crippen LogP contribution in [0, 0.1) is 0 Å². The molecule has 0 spiro atoms. The Morgan fingerprint density at radius 3 is 2.64 bits per heavy atom. The fourth-order valence-electron chi connectivity index (χ4n) is 2.72. The van der Waals surface area contributed by atoms with E-state index in [1.165, 1.54) is 29.7 Å². The van der Waals surface area contributed by atoms with Gasteiger partial charge in [-0.05, 0) is 46.2 Å². The number of nitrogens with zero attached hydrogens (tertiary/aromatic N) is 1. The molecule has 3 aromatic rings. The van der Waals surface area contributed by atoms with Gasteiger partial charge in [-0.1, -0.05) is 18.2 Å². The fraction of sp³-hybridized carbons (Fsp3) is 0.200. The number of carbonyl (C=O) groups excluding carboxylic acids is 1. The Hall–Kier alpha value is -2.71. The summed E-state index contributed by atoms with van der Waals surface area (Å²) in [5.74, 6) is -1.74. The maximum atomic E-state index is 12.8. The molecule has 2 heterocycles. The third-order valence-electron chi connectivity index (χ3n) is 4.13. The van der Waals surface area contributed by atoms with E-state index < -0.39 is 29.7 Å². The van der Waals surface area contributed by atoms with Gasteiger partial charge in [0, 0.05) is 18.0 Å². The molecule has 0 bridgehead atoms. The van der Waals surface area contributed by atoms with Crippen LogP contribution in [0.25, 0.3) is 0 Å². The van der Waals surface area contributed by atoms with Gasteiger partial charge in [0.1, 0.15) is 12.5 Å². The Balaban J connectivity index is 1.77. The van der Waals surface area contributed by atoms with Crippen LogP contribution in [-0.4, -0.2) is 16.1 Å². The van der Waals surface area contributed by atoms with Crippen molar-refractivity contribution >= 4 is 17.3 Å². The lowest BCUT2D eigenvalue weighted by Gasteiger charge is -2.21. The Morgan fingerprint density at radius 1 is 1.18 bits per heavy atom.